The van der Waals surface area contributed by atoms with E-state index in [2.05, 4.69) is 17.3 Å². The summed E-state index contributed by atoms with van der Waals surface area (Å²) in [7, 11) is 2.08. The first-order chi connectivity index (χ1) is 9.36. The van der Waals surface area contributed by atoms with E-state index in [1.54, 1.807) is 6.07 Å². The highest BCUT2D eigenvalue weighted by atomic mass is 19.4. The van der Waals surface area contributed by atoms with Crippen LogP contribution in [-0.2, 0) is 6.18 Å². The Bertz CT molecular complexity index is 451. The van der Waals surface area contributed by atoms with Crippen LogP contribution >= 0.6 is 0 Å². The average Bonchev–Trinajstić information content (AvgIpc) is 2.38. The molecule has 6 heteroatoms. The third kappa shape index (κ3) is 3.79. The van der Waals surface area contributed by atoms with Crippen molar-refractivity contribution >= 4 is 11.4 Å². The number of benzene rings is 1. The number of likely N-dealkylation sites (tertiary alicyclic amines) is 1. The van der Waals surface area contributed by atoms with Gasteiger partial charge in [-0.25, -0.2) is 0 Å². The zero-order valence-corrected chi connectivity index (χ0v) is 11.5. The standard InChI is InChI=1S/C14H20F3N3/c1-20-6-4-10(5-7-20)9-19-11-2-3-13(18)12(8-11)14(15,16)17/h2-3,8,10,19H,4-7,9,18H2,1H3. The molecule has 3 nitrogen and oxygen atoms in total. The fourth-order valence-electron chi connectivity index (χ4n) is 2.44. The van der Waals surface area contributed by atoms with Gasteiger partial charge in [0.25, 0.3) is 0 Å². The van der Waals surface area contributed by atoms with E-state index in [4.69, 9.17) is 5.73 Å². The van der Waals surface area contributed by atoms with Crippen molar-refractivity contribution in [3.05, 3.63) is 23.8 Å². The predicted molar refractivity (Wildman–Crippen MR) is 74.6 cm³/mol. The number of anilines is 2. The van der Waals surface area contributed by atoms with Gasteiger partial charge in [0.15, 0.2) is 0 Å². The van der Waals surface area contributed by atoms with Gasteiger partial charge in [-0.05, 0) is 57.1 Å². The van der Waals surface area contributed by atoms with Crippen LogP contribution in [-0.4, -0.2) is 31.6 Å². The number of alkyl halides is 3. The van der Waals surface area contributed by atoms with Gasteiger partial charge in [0, 0.05) is 17.9 Å². The van der Waals surface area contributed by atoms with E-state index in [0.29, 0.717) is 18.2 Å². The van der Waals surface area contributed by atoms with E-state index in [1.807, 2.05) is 0 Å². The number of nitrogens with zero attached hydrogens (tertiary/aromatic N) is 1. The van der Waals surface area contributed by atoms with Gasteiger partial charge < -0.3 is 16.0 Å². The molecule has 0 aliphatic carbocycles. The average molecular weight is 287 g/mol. The van der Waals surface area contributed by atoms with E-state index in [0.717, 1.165) is 32.0 Å². The van der Waals surface area contributed by atoms with E-state index in [-0.39, 0.29) is 5.69 Å². The Balaban J connectivity index is 1.96. The smallest absolute Gasteiger partial charge is 0.398 e. The number of hydrogen-bond donors (Lipinski definition) is 2. The Kier molecular flexibility index (Phi) is 4.42. The molecule has 0 atom stereocenters. The minimum Gasteiger partial charge on any atom is -0.398 e. The van der Waals surface area contributed by atoms with Crippen molar-refractivity contribution < 1.29 is 13.2 Å². The topological polar surface area (TPSA) is 41.3 Å². The van der Waals surface area contributed by atoms with Gasteiger partial charge in [-0.15, -0.1) is 0 Å². The van der Waals surface area contributed by atoms with Crippen molar-refractivity contribution in [2.45, 2.75) is 19.0 Å². The van der Waals surface area contributed by atoms with E-state index in [1.165, 1.54) is 6.07 Å². The van der Waals surface area contributed by atoms with E-state index >= 15 is 0 Å². The Hall–Kier alpha value is -1.43. The van der Waals surface area contributed by atoms with Gasteiger partial charge in [-0.2, -0.15) is 13.2 Å². The molecule has 0 aromatic heterocycles. The van der Waals surface area contributed by atoms with E-state index < -0.39 is 11.7 Å². The minimum atomic E-state index is -4.41. The Labute approximate surface area is 116 Å². The fourth-order valence-corrected chi connectivity index (χ4v) is 2.44. The number of nitrogens with two attached hydrogens (primary N) is 1. The maximum Gasteiger partial charge on any atom is 0.418 e. The van der Waals surface area contributed by atoms with Crippen LogP contribution in [0.4, 0.5) is 24.5 Å². The number of halogens is 3. The molecule has 112 valence electrons. The van der Waals surface area contributed by atoms with Crippen molar-refractivity contribution in [3.8, 4) is 0 Å². The zero-order valence-electron chi connectivity index (χ0n) is 11.5. The second kappa shape index (κ2) is 5.91. The van der Waals surface area contributed by atoms with Crippen molar-refractivity contribution in [3.63, 3.8) is 0 Å². The molecule has 1 saturated heterocycles. The Morgan fingerprint density at radius 2 is 1.95 bits per heavy atom. The van der Waals surface area contributed by atoms with Crippen molar-refractivity contribution in [2.24, 2.45) is 5.92 Å². The summed E-state index contributed by atoms with van der Waals surface area (Å²) >= 11 is 0. The van der Waals surface area contributed by atoms with Gasteiger partial charge in [0.2, 0.25) is 0 Å². The molecule has 3 N–H and O–H groups in total. The first-order valence-corrected chi connectivity index (χ1v) is 6.75. The van der Waals surface area contributed by atoms with Gasteiger partial charge in [0.1, 0.15) is 0 Å². The van der Waals surface area contributed by atoms with Crippen molar-refractivity contribution in [1.82, 2.24) is 4.90 Å². The molecule has 1 aliphatic rings. The van der Waals surface area contributed by atoms with Crippen LogP contribution in [0.3, 0.4) is 0 Å². The highest BCUT2D eigenvalue weighted by molar-refractivity contribution is 5.58. The number of piperidine rings is 1. The van der Waals surface area contributed by atoms with Crippen LogP contribution in [0, 0.1) is 5.92 Å². The summed E-state index contributed by atoms with van der Waals surface area (Å²) < 4.78 is 38.3. The summed E-state index contributed by atoms with van der Waals surface area (Å²) in [6.45, 7) is 2.79. The van der Waals surface area contributed by atoms with Gasteiger partial charge in [0.05, 0.1) is 5.56 Å². The number of nitrogens with one attached hydrogen (secondary N) is 1. The second-order valence-corrected chi connectivity index (χ2v) is 5.43. The summed E-state index contributed by atoms with van der Waals surface area (Å²) in [6.07, 6.45) is -2.26. The molecule has 0 amide bonds. The van der Waals surface area contributed by atoms with Crippen molar-refractivity contribution in [2.75, 3.05) is 37.7 Å². The predicted octanol–water partition coefficient (Wildman–Crippen LogP) is 3.04. The highest BCUT2D eigenvalue weighted by Gasteiger charge is 2.33. The maximum absolute atomic E-state index is 12.8. The second-order valence-electron chi connectivity index (χ2n) is 5.43. The summed E-state index contributed by atoms with van der Waals surface area (Å²) in [5.41, 5.74) is 4.85. The Morgan fingerprint density at radius 3 is 2.55 bits per heavy atom. The normalized spacial score (nSPS) is 18.2. The third-order valence-corrected chi connectivity index (χ3v) is 3.79. The number of hydrogen-bond acceptors (Lipinski definition) is 3. The number of rotatable bonds is 3. The van der Waals surface area contributed by atoms with Crippen LogP contribution in [0.5, 0.6) is 0 Å². The minimum absolute atomic E-state index is 0.234. The molecule has 0 spiro atoms. The molecule has 1 aromatic rings. The van der Waals surface area contributed by atoms with Crippen LogP contribution in [0.15, 0.2) is 18.2 Å². The van der Waals surface area contributed by atoms with Crippen LogP contribution < -0.4 is 11.1 Å². The first kappa shape index (κ1) is 15.0. The summed E-state index contributed by atoms with van der Waals surface area (Å²) in [5.74, 6) is 0.512. The first-order valence-electron chi connectivity index (χ1n) is 6.75. The van der Waals surface area contributed by atoms with Gasteiger partial charge in [-0.3, -0.25) is 0 Å². The van der Waals surface area contributed by atoms with Gasteiger partial charge >= 0.3 is 6.18 Å². The lowest BCUT2D eigenvalue weighted by molar-refractivity contribution is -0.136. The third-order valence-electron chi connectivity index (χ3n) is 3.79. The quantitative estimate of drug-likeness (QED) is 0.840. The molecule has 2 rings (SSSR count). The molecule has 0 bridgehead atoms. The van der Waals surface area contributed by atoms with E-state index in [9.17, 15) is 13.2 Å². The molecule has 20 heavy (non-hydrogen) atoms. The lowest BCUT2D eigenvalue weighted by Gasteiger charge is -2.29. The summed E-state index contributed by atoms with van der Waals surface area (Å²) in [4.78, 5) is 2.27. The molecule has 1 fully saturated rings. The highest BCUT2D eigenvalue weighted by Crippen LogP contribution is 2.35. The van der Waals surface area contributed by atoms with Crippen molar-refractivity contribution in [1.29, 1.82) is 0 Å². The monoisotopic (exact) mass is 287 g/mol. The molecule has 0 unspecified atom stereocenters. The molecule has 0 saturated carbocycles. The van der Waals surface area contributed by atoms with Crippen LogP contribution in [0.2, 0.25) is 0 Å². The molecule has 0 radical (unpaired) electrons. The largest absolute Gasteiger partial charge is 0.418 e. The molecular formula is C14H20F3N3. The summed E-state index contributed by atoms with van der Waals surface area (Å²) in [5, 5.41) is 3.09. The number of nitrogen functional groups attached to an aromatic ring is 1. The fraction of sp³-hybridized carbons (Fsp3) is 0.571. The maximum atomic E-state index is 12.8. The zero-order chi connectivity index (χ0) is 14.8. The van der Waals surface area contributed by atoms with Gasteiger partial charge in [-0.1, -0.05) is 0 Å². The SMILES string of the molecule is CN1CCC(CNc2ccc(N)c(C(F)(F)F)c2)CC1. The molecule has 1 heterocycles. The lowest BCUT2D eigenvalue weighted by atomic mass is 9.97. The summed E-state index contributed by atoms with van der Waals surface area (Å²) in [6, 6.07) is 3.99. The lowest BCUT2D eigenvalue weighted by Crippen LogP contribution is -2.32. The van der Waals surface area contributed by atoms with Crippen LogP contribution in [0.25, 0.3) is 0 Å². The molecule has 1 aliphatic heterocycles. The molecular weight excluding hydrogens is 267 g/mol. The Morgan fingerprint density at radius 1 is 1.30 bits per heavy atom. The van der Waals surface area contributed by atoms with Crippen LogP contribution in [0.1, 0.15) is 18.4 Å². The molecule has 1 aromatic carbocycles.